The molecule has 0 radical (unpaired) electrons. The van der Waals surface area contributed by atoms with Gasteiger partial charge < -0.3 is 10.1 Å². The quantitative estimate of drug-likeness (QED) is 0.502. The van der Waals surface area contributed by atoms with E-state index in [1.807, 2.05) is 26.0 Å². The van der Waals surface area contributed by atoms with Crippen molar-refractivity contribution in [1.82, 2.24) is 9.78 Å². The zero-order valence-corrected chi connectivity index (χ0v) is 15.8. The van der Waals surface area contributed by atoms with Gasteiger partial charge in [-0.15, -0.1) is 0 Å². The van der Waals surface area contributed by atoms with E-state index < -0.39 is 4.92 Å². The maximum absolute atomic E-state index is 12.6. The molecule has 0 aliphatic rings. The summed E-state index contributed by atoms with van der Waals surface area (Å²) in [5.74, 6) is 0.414. The first kappa shape index (κ1) is 19.1. The molecule has 8 heteroatoms. The van der Waals surface area contributed by atoms with E-state index in [1.54, 1.807) is 29.8 Å². The normalized spacial score (nSPS) is 10.5. The molecule has 0 unspecified atom stereocenters. The van der Waals surface area contributed by atoms with Crippen molar-refractivity contribution in [2.24, 2.45) is 0 Å². The number of non-ortho nitro benzene ring substituents is 1. The van der Waals surface area contributed by atoms with Gasteiger partial charge in [-0.25, -0.2) is 0 Å². The van der Waals surface area contributed by atoms with Crippen LogP contribution in [-0.4, -0.2) is 20.6 Å². The number of carbonyl (C=O) groups excluding carboxylic acids is 1. The van der Waals surface area contributed by atoms with Crippen LogP contribution in [0.1, 0.15) is 28.5 Å². The molecule has 0 aliphatic heterocycles. The van der Waals surface area contributed by atoms with Gasteiger partial charge in [0.15, 0.2) is 0 Å². The van der Waals surface area contributed by atoms with E-state index in [-0.39, 0.29) is 23.0 Å². The van der Waals surface area contributed by atoms with E-state index in [9.17, 15) is 14.9 Å². The van der Waals surface area contributed by atoms with Crippen LogP contribution in [0.25, 0.3) is 0 Å². The predicted octanol–water partition coefficient (Wildman–Crippen LogP) is 4.47. The summed E-state index contributed by atoms with van der Waals surface area (Å²) < 4.78 is 7.43. The summed E-state index contributed by atoms with van der Waals surface area (Å²) in [6.07, 6.45) is 1.48. The second-order valence-electron chi connectivity index (χ2n) is 6.30. The number of hydrogen-bond acceptors (Lipinski definition) is 5. The molecule has 8 nitrogen and oxygen atoms in total. The molecule has 0 aliphatic carbocycles. The molecule has 2 aromatic carbocycles. The lowest BCUT2D eigenvalue weighted by atomic mass is 10.2. The molecule has 0 bridgehead atoms. The van der Waals surface area contributed by atoms with Gasteiger partial charge in [0.25, 0.3) is 11.6 Å². The van der Waals surface area contributed by atoms with Gasteiger partial charge in [-0.2, -0.15) is 5.10 Å². The average Bonchev–Trinajstić information content (AvgIpc) is 3.04. The third-order valence-electron chi connectivity index (χ3n) is 4.26. The number of nitro groups is 1. The predicted molar refractivity (Wildman–Crippen MR) is 105 cm³/mol. The largest absolute Gasteiger partial charge is 0.457 e. The first-order valence-electron chi connectivity index (χ1n) is 8.75. The molecule has 0 atom stereocenters. The van der Waals surface area contributed by atoms with Crippen LogP contribution >= 0.6 is 0 Å². The summed E-state index contributed by atoms with van der Waals surface area (Å²) in [7, 11) is 0. The summed E-state index contributed by atoms with van der Waals surface area (Å²) >= 11 is 0. The Kier molecular flexibility index (Phi) is 5.39. The number of rotatable bonds is 6. The topological polar surface area (TPSA) is 99.3 Å². The number of amides is 1. The number of anilines is 1. The highest BCUT2D eigenvalue weighted by Crippen LogP contribution is 2.30. The number of nitro benzene ring substituents is 1. The molecular formula is C20H20N4O4. The number of benzene rings is 2. The van der Waals surface area contributed by atoms with Gasteiger partial charge in [0.2, 0.25) is 0 Å². The summed E-state index contributed by atoms with van der Waals surface area (Å²) in [6.45, 7) is 6.32. The van der Waals surface area contributed by atoms with E-state index in [4.69, 9.17) is 4.74 Å². The first-order valence-corrected chi connectivity index (χ1v) is 8.75. The van der Waals surface area contributed by atoms with Gasteiger partial charge in [0, 0.05) is 24.4 Å². The molecule has 3 rings (SSSR count). The molecule has 144 valence electrons. The van der Waals surface area contributed by atoms with Gasteiger partial charge in [-0.05, 0) is 32.9 Å². The number of nitrogens with zero attached hydrogens (tertiary/aromatic N) is 3. The van der Waals surface area contributed by atoms with Crippen molar-refractivity contribution in [2.75, 3.05) is 5.32 Å². The molecule has 0 saturated carbocycles. The second kappa shape index (κ2) is 7.91. The van der Waals surface area contributed by atoms with E-state index >= 15 is 0 Å². The number of ether oxygens (including phenoxy) is 1. The smallest absolute Gasteiger partial charge is 0.275 e. The van der Waals surface area contributed by atoms with Crippen LogP contribution in [0.4, 0.5) is 11.4 Å². The molecule has 1 N–H and O–H groups in total. The lowest BCUT2D eigenvalue weighted by Crippen LogP contribution is -2.13. The van der Waals surface area contributed by atoms with Crippen molar-refractivity contribution < 1.29 is 14.5 Å². The van der Waals surface area contributed by atoms with Crippen molar-refractivity contribution >= 4 is 17.3 Å². The van der Waals surface area contributed by atoms with Crippen LogP contribution in [0.2, 0.25) is 0 Å². The average molecular weight is 380 g/mol. The minimum Gasteiger partial charge on any atom is -0.457 e. The molecule has 1 heterocycles. The lowest BCUT2D eigenvalue weighted by molar-refractivity contribution is -0.384. The van der Waals surface area contributed by atoms with Crippen molar-refractivity contribution in [3.05, 3.63) is 75.6 Å². The number of aromatic nitrogens is 2. The molecule has 28 heavy (non-hydrogen) atoms. The van der Waals surface area contributed by atoms with Gasteiger partial charge in [-0.3, -0.25) is 19.6 Å². The molecule has 0 saturated heterocycles. The van der Waals surface area contributed by atoms with E-state index in [0.717, 1.165) is 11.3 Å². The zero-order chi connectivity index (χ0) is 20.3. The van der Waals surface area contributed by atoms with Gasteiger partial charge >= 0.3 is 0 Å². The molecule has 0 fully saturated rings. The Labute approximate surface area is 161 Å². The van der Waals surface area contributed by atoms with Crippen molar-refractivity contribution in [2.45, 2.75) is 27.3 Å². The van der Waals surface area contributed by atoms with Gasteiger partial charge in [-0.1, -0.05) is 17.7 Å². The SMILES string of the molecule is CCn1ncc(C(=O)Nc2cc(Oc3ccc(C)cc3)cc([N+](=O)[O-])c2)c1C. The highest BCUT2D eigenvalue weighted by molar-refractivity contribution is 6.05. The number of hydrogen-bond donors (Lipinski definition) is 1. The Balaban J connectivity index is 1.88. The van der Waals surface area contributed by atoms with Gasteiger partial charge in [0.1, 0.15) is 11.5 Å². The van der Waals surface area contributed by atoms with Crippen LogP contribution in [0, 0.1) is 24.0 Å². The Hall–Kier alpha value is -3.68. The van der Waals surface area contributed by atoms with E-state index in [2.05, 4.69) is 10.4 Å². The van der Waals surface area contributed by atoms with Crippen LogP contribution in [0.5, 0.6) is 11.5 Å². The molecule has 1 aromatic heterocycles. The van der Waals surface area contributed by atoms with Crippen LogP contribution < -0.4 is 10.1 Å². The summed E-state index contributed by atoms with van der Waals surface area (Å²) in [5.41, 5.74) is 2.30. The summed E-state index contributed by atoms with van der Waals surface area (Å²) in [6, 6.07) is 11.5. The van der Waals surface area contributed by atoms with Gasteiger partial charge in [0.05, 0.1) is 28.4 Å². The first-order chi connectivity index (χ1) is 13.4. The highest BCUT2D eigenvalue weighted by atomic mass is 16.6. The highest BCUT2D eigenvalue weighted by Gasteiger charge is 2.17. The lowest BCUT2D eigenvalue weighted by Gasteiger charge is -2.10. The third-order valence-corrected chi connectivity index (χ3v) is 4.26. The monoisotopic (exact) mass is 380 g/mol. The summed E-state index contributed by atoms with van der Waals surface area (Å²) in [5, 5.41) is 18.1. The van der Waals surface area contributed by atoms with Crippen LogP contribution in [-0.2, 0) is 6.54 Å². The Morgan fingerprint density at radius 2 is 1.89 bits per heavy atom. The third kappa shape index (κ3) is 4.17. The summed E-state index contributed by atoms with van der Waals surface area (Å²) in [4.78, 5) is 23.3. The molecule has 1 amide bonds. The van der Waals surface area contributed by atoms with Crippen LogP contribution in [0.3, 0.4) is 0 Å². The Morgan fingerprint density at radius 3 is 2.50 bits per heavy atom. The van der Waals surface area contributed by atoms with Crippen molar-refractivity contribution in [3.8, 4) is 11.5 Å². The second-order valence-corrected chi connectivity index (χ2v) is 6.30. The molecule has 0 spiro atoms. The molecule has 3 aromatic rings. The van der Waals surface area contributed by atoms with E-state index in [0.29, 0.717) is 17.9 Å². The maximum atomic E-state index is 12.6. The van der Waals surface area contributed by atoms with Crippen molar-refractivity contribution in [1.29, 1.82) is 0 Å². The minimum absolute atomic E-state index is 0.180. The zero-order valence-electron chi connectivity index (χ0n) is 15.8. The Morgan fingerprint density at radius 1 is 1.18 bits per heavy atom. The van der Waals surface area contributed by atoms with E-state index in [1.165, 1.54) is 18.3 Å². The standard InChI is InChI=1S/C20H20N4O4/c1-4-23-14(3)19(12-21-23)20(25)22-15-9-16(24(26)27)11-18(10-15)28-17-7-5-13(2)6-8-17/h5-12H,4H2,1-3H3,(H,22,25). The fourth-order valence-electron chi connectivity index (χ4n) is 2.75. The minimum atomic E-state index is -0.530. The molecular weight excluding hydrogens is 360 g/mol. The number of aryl methyl sites for hydroxylation is 2. The fourth-order valence-corrected chi connectivity index (χ4v) is 2.75. The number of nitrogens with one attached hydrogen (secondary N) is 1. The Bertz CT molecular complexity index is 1030. The van der Waals surface area contributed by atoms with Crippen LogP contribution in [0.15, 0.2) is 48.7 Å². The number of carbonyl (C=O) groups is 1. The maximum Gasteiger partial charge on any atom is 0.275 e. The van der Waals surface area contributed by atoms with Crippen molar-refractivity contribution in [3.63, 3.8) is 0 Å². The fraction of sp³-hybridized carbons (Fsp3) is 0.200.